The van der Waals surface area contributed by atoms with E-state index in [0.717, 1.165) is 30.7 Å². The van der Waals surface area contributed by atoms with Crippen molar-refractivity contribution in [3.8, 4) is 0 Å². The van der Waals surface area contributed by atoms with Gasteiger partial charge in [-0.05, 0) is 30.9 Å². The van der Waals surface area contributed by atoms with Crippen LogP contribution in [0.25, 0.3) is 0 Å². The summed E-state index contributed by atoms with van der Waals surface area (Å²) in [5.41, 5.74) is 1.13. The van der Waals surface area contributed by atoms with E-state index in [-0.39, 0.29) is 23.3 Å². The fraction of sp³-hybridized carbons (Fsp3) is 0.421. The molecular weight excluding hydrogens is 302 g/mol. The standard InChI is InChI=1S/C19H21N3O2/c1-19(9-10-19)18-20-11-7-15(22-18)21-17(23)14-8-12-24-16(14)13-5-3-2-4-6-13/h2-7,11,14,16H,8-10,12H2,1H3,(H,20,21,22,23)/t14-,16+/m0/s1. The Labute approximate surface area is 141 Å². The molecule has 2 aromatic rings. The van der Waals surface area contributed by atoms with Crippen LogP contribution in [0.2, 0.25) is 0 Å². The lowest BCUT2D eigenvalue weighted by Crippen LogP contribution is -2.26. The van der Waals surface area contributed by atoms with E-state index in [1.54, 1.807) is 12.3 Å². The first-order chi connectivity index (χ1) is 11.7. The fourth-order valence-electron chi connectivity index (χ4n) is 3.18. The van der Waals surface area contributed by atoms with Crippen molar-refractivity contribution in [3.05, 3.63) is 54.0 Å². The van der Waals surface area contributed by atoms with E-state index >= 15 is 0 Å². The number of rotatable bonds is 4. The molecule has 1 aliphatic heterocycles. The normalized spacial score (nSPS) is 24.5. The Kier molecular flexibility index (Phi) is 3.81. The van der Waals surface area contributed by atoms with E-state index in [4.69, 9.17) is 4.74 Å². The predicted molar refractivity (Wildman–Crippen MR) is 90.5 cm³/mol. The van der Waals surface area contributed by atoms with Gasteiger partial charge in [0.2, 0.25) is 5.91 Å². The summed E-state index contributed by atoms with van der Waals surface area (Å²) in [5.74, 6) is 1.17. The van der Waals surface area contributed by atoms with Crippen LogP contribution in [0.3, 0.4) is 0 Å². The Morgan fingerprint density at radius 1 is 1.25 bits per heavy atom. The number of hydrogen-bond acceptors (Lipinski definition) is 4. The minimum absolute atomic E-state index is 0.0352. The number of anilines is 1. The maximum absolute atomic E-state index is 12.7. The molecule has 2 heterocycles. The summed E-state index contributed by atoms with van der Waals surface area (Å²) in [6.45, 7) is 2.76. The van der Waals surface area contributed by atoms with Crippen LogP contribution in [0.4, 0.5) is 5.82 Å². The van der Waals surface area contributed by atoms with Crippen molar-refractivity contribution >= 4 is 11.7 Å². The largest absolute Gasteiger partial charge is 0.373 e. The van der Waals surface area contributed by atoms with E-state index in [2.05, 4.69) is 22.2 Å². The first-order valence-electron chi connectivity index (χ1n) is 8.47. The molecule has 0 spiro atoms. The van der Waals surface area contributed by atoms with Crippen LogP contribution in [0, 0.1) is 5.92 Å². The van der Waals surface area contributed by atoms with E-state index in [1.165, 1.54) is 0 Å². The summed E-state index contributed by atoms with van der Waals surface area (Å²) in [5, 5.41) is 2.95. The van der Waals surface area contributed by atoms with Gasteiger partial charge in [-0.15, -0.1) is 0 Å². The van der Waals surface area contributed by atoms with Gasteiger partial charge in [-0.25, -0.2) is 9.97 Å². The molecule has 2 fully saturated rings. The van der Waals surface area contributed by atoms with Crippen LogP contribution in [-0.2, 0) is 14.9 Å². The zero-order chi connectivity index (χ0) is 16.6. The molecule has 0 unspecified atom stereocenters. The molecule has 124 valence electrons. The number of ether oxygens (including phenoxy) is 1. The number of amides is 1. The van der Waals surface area contributed by atoms with Crippen molar-refractivity contribution in [1.29, 1.82) is 0 Å². The number of carbonyl (C=O) groups excluding carboxylic acids is 1. The van der Waals surface area contributed by atoms with Gasteiger partial charge in [0, 0.05) is 18.2 Å². The summed E-state index contributed by atoms with van der Waals surface area (Å²) in [6, 6.07) is 11.7. The third-order valence-electron chi connectivity index (χ3n) is 5.00. The predicted octanol–water partition coefficient (Wildman–Crippen LogP) is 3.24. The van der Waals surface area contributed by atoms with Crippen LogP contribution < -0.4 is 5.32 Å². The molecule has 1 aliphatic carbocycles. The highest BCUT2D eigenvalue weighted by atomic mass is 16.5. The molecule has 1 aromatic heterocycles. The second-order valence-corrected chi connectivity index (χ2v) is 6.91. The van der Waals surface area contributed by atoms with Gasteiger partial charge in [0.05, 0.1) is 12.0 Å². The highest BCUT2D eigenvalue weighted by molar-refractivity contribution is 5.92. The Morgan fingerprint density at radius 3 is 2.79 bits per heavy atom. The lowest BCUT2D eigenvalue weighted by atomic mass is 9.94. The fourth-order valence-corrected chi connectivity index (χ4v) is 3.18. The van der Waals surface area contributed by atoms with Gasteiger partial charge in [0.25, 0.3) is 0 Å². The molecule has 2 aliphatic rings. The molecule has 1 saturated heterocycles. The number of aromatic nitrogens is 2. The molecule has 24 heavy (non-hydrogen) atoms. The van der Waals surface area contributed by atoms with E-state index in [9.17, 15) is 4.79 Å². The Bertz CT molecular complexity index is 743. The average molecular weight is 323 g/mol. The number of benzene rings is 1. The summed E-state index contributed by atoms with van der Waals surface area (Å²) in [6.07, 6.45) is 4.48. The van der Waals surface area contributed by atoms with E-state index in [0.29, 0.717) is 12.4 Å². The number of nitrogens with zero attached hydrogens (tertiary/aromatic N) is 2. The monoisotopic (exact) mass is 323 g/mol. The SMILES string of the molecule is CC1(c2nccc(NC(=O)[C@H]3CCO[C@@H]3c3ccccc3)n2)CC1. The summed E-state index contributed by atoms with van der Waals surface area (Å²) < 4.78 is 5.80. The van der Waals surface area contributed by atoms with Crippen LogP contribution in [0.5, 0.6) is 0 Å². The molecule has 0 radical (unpaired) electrons. The van der Waals surface area contributed by atoms with Crippen LogP contribution >= 0.6 is 0 Å². The third-order valence-corrected chi connectivity index (χ3v) is 5.00. The Hall–Kier alpha value is -2.27. The van der Waals surface area contributed by atoms with Crippen LogP contribution in [0.1, 0.15) is 43.7 Å². The van der Waals surface area contributed by atoms with E-state index in [1.807, 2.05) is 30.3 Å². The molecule has 2 atom stereocenters. The first kappa shape index (κ1) is 15.3. The number of hydrogen-bond donors (Lipinski definition) is 1. The Balaban J connectivity index is 1.50. The molecule has 1 aromatic carbocycles. The highest BCUT2D eigenvalue weighted by Gasteiger charge is 2.42. The lowest BCUT2D eigenvalue weighted by Gasteiger charge is -2.18. The van der Waals surface area contributed by atoms with Crippen molar-refractivity contribution in [2.24, 2.45) is 5.92 Å². The summed E-state index contributed by atoms with van der Waals surface area (Å²) >= 11 is 0. The first-order valence-corrected chi connectivity index (χ1v) is 8.47. The maximum Gasteiger partial charge on any atom is 0.231 e. The second kappa shape index (κ2) is 5.98. The Morgan fingerprint density at radius 2 is 2.04 bits per heavy atom. The van der Waals surface area contributed by atoms with Crippen molar-refractivity contribution < 1.29 is 9.53 Å². The smallest absolute Gasteiger partial charge is 0.231 e. The van der Waals surface area contributed by atoms with Crippen LogP contribution in [0.15, 0.2) is 42.6 Å². The summed E-state index contributed by atoms with van der Waals surface area (Å²) in [4.78, 5) is 21.6. The molecule has 1 amide bonds. The molecule has 5 heteroatoms. The minimum Gasteiger partial charge on any atom is -0.373 e. The van der Waals surface area contributed by atoms with Crippen molar-refractivity contribution in [1.82, 2.24) is 9.97 Å². The molecule has 1 N–H and O–H groups in total. The zero-order valence-corrected chi connectivity index (χ0v) is 13.7. The minimum atomic E-state index is -0.192. The molecule has 1 saturated carbocycles. The zero-order valence-electron chi connectivity index (χ0n) is 13.7. The average Bonchev–Trinajstić information content (AvgIpc) is 3.18. The van der Waals surface area contributed by atoms with Gasteiger partial charge < -0.3 is 10.1 Å². The van der Waals surface area contributed by atoms with Gasteiger partial charge in [-0.1, -0.05) is 37.3 Å². The van der Waals surface area contributed by atoms with Crippen molar-refractivity contribution in [2.45, 2.75) is 37.7 Å². The summed E-state index contributed by atoms with van der Waals surface area (Å²) in [7, 11) is 0. The molecular formula is C19H21N3O2. The second-order valence-electron chi connectivity index (χ2n) is 6.91. The molecule has 0 bridgehead atoms. The quantitative estimate of drug-likeness (QED) is 0.938. The topological polar surface area (TPSA) is 64.1 Å². The maximum atomic E-state index is 12.7. The van der Waals surface area contributed by atoms with Gasteiger partial charge in [-0.2, -0.15) is 0 Å². The molecule has 5 nitrogen and oxygen atoms in total. The van der Waals surface area contributed by atoms with E-state index < -0.39 is 0 Å². The molecule has 4 rings (SSSR count). The van der Waals surface area contributed by atoms with Gasteiger partial charge in [-0.3, -0.25) is 4.79 Å². The van der Waals surface area contributed by atoms with Gasteiger partial charge in [0.1, 0.15) is 11.6 Å². The van der Waals surface area contributed by atoms with Crippen molar-refractivity contribution in [2.75, 3.05) is 11.9 Å². The lowest BCUT2D eigenvalue weighted by molar-refractivity contribution is -0.121. The van der Waals surface area contributed by atoms with Gasteiger partial charge in [0.15, 0.2) is 0 Å². The number of carbonyl (C=O) groups is 1. The van der Waals surface area contributed by atoms with Gasteiger partial charge >= 0.3 is 0 Å². The van der Waals surface area contributed by atoms with Crippen molar-refractivity contribution in [3.63, 3.8) is 0 Å². The third kappa shape index (κ3) is 2.91. The number of nitrogens with one attached hydrogen (secondary N) is 1. The van der Waals surface area contributed by atoms with Crippen LogP contribution in [-0.4, -0.2) is 22.5 Å². The highest BCUT2D eigenvalue weighted by Crippen LogP contribution is 2.46.